The first-order chi connectivity index (χ1) is 13.6. The van der Waals surface area contributed by atoms with Gasteiger partial charge in [-0.3, -0.25) is 0 Å². The highest BCUT2D eigenvalue weighted by Crippen LogP contribution is 2.11. The summed E-state index contributed by atoms with van der Waals surface area (Å²) in [4.78, 5) is 0. The molecule has 4 heteroatoms. The van der Waals surface area contributed by atoms with E-state index in [0.717, 1.165) is 77.0 Å². The zero-order valence-corrected chi connectivity index (χ0v) is 19.1. The van der Waals surface area contributed by atoms with Gasteiger partial charge >= 0.3 is 0 Å². The lowest BCUT2D eigenvalue weighted by Crippen LogP contribution is -2.04. The largest absolute Gasteiger partial charge is 0.396 e. The van der Waals surface area contributed by atoms with Crippen molar-refractivity contribution in [3.63, 3.8) is 0 Å². The van der Waals surface area contributed by atoms with Crippen LogP contribution < -0.4 is 0 Å². The quantitative estimate of drug-likeness (QED) is 0.195. The summed E-state index contributed by atoms with van der Waals surface area (Å²) in [5.41, 5.74) is 0. The third kappa shape index (κ3) is 28.1. The second-order valence-corrected chi connectivity index (χ2v) is 8.15. The van der Waals surface area contributed by atoms with Crippen LogP contribution in [0.5, 0.6) is 0 Å². The second-order valence-electron chi connectivity index (χ2n) is 8.15. The van der Waals surface area contributed by atoms with Crippen LogP contribution in [0, 0.1) is 0 Å². The standard InChI is InChI=1S/2C12H26O2/c2*1-2-9-12(14)10-7-5-3-4-6-8-11-13/h2*12-14H,2-11H2,1H3. The number of aliphatic hydroxyl groups is 4. The van der Waals surface area contributed by atoms with Gasteiger partial charge in [0.15, 0.2) is 0 Å². The molecule has 0 aliphatic rings. The molecule has 0 radical (unpaired) electrons. The van der Waals surface area contributed by atoms with Crippen molar-refractivity contribution in [2.45, 2.75) is 142 Å². The molecule has 0 aromatic heterocycles. The van der Waals surface area contributed by atoms with Gasteiger partial charge < -0.3 is 20.4 Å². The van der Waals surface area contributed by atoms with Crippen LogP contribution in [0.15, 0.2) is 0 Å². The average molecular weight is 405 g/mol. The van der Waals surface area contributed by atoms with E-state index in [4.69, 9.17) is 10.2 Å². The third-order valence-electron chi connectivity index (χ3n) is 5.13. The predicted octanol–water partition coefficient (Wildman–Crippen LogP) is 5.74. The highest BCUT2D eigenvalue weighted by molar-refractivity contribution is 4.56. The Bertz CT molecular complexity index is 235. The van der Waals surface area contributed by atoms with Gasteiger partial charge in [0, 0.05) is 13.2 Å². The first-order valence-electron chi connectivity index (χ1n) is 12.2. The molecule has 0 aliphatic heterocycles. The van der Waals surface area contributed by atoms with Gasteiger partial charge in [-0.2, -0.15) is 0 Å². The van der Waals surface area contributed by atoms with E-state index in [-0.39, 0.29) is 12.2 Å². The monoisotopic (exact) mass is 404 g/mol. The Balaban J connectivity index is 0. The summed E-state index contributed by atoms with van der Waals surface area (Å²) in [7, 11) is 0. The molecule has 0 saturated carbocycles. The van der Waals surface area contributed by atoms with Crippen LogP contribution in [0.25, 0.3) is 0 Å². The first kappa shape index (κ1) is 30.0. The number of rotatable bonds is 20. The van der Waals surface area contributed by atoms with Gasteiger partial charge in [-0.05, 0) is 38.5 Å². The van der Waals surface area contributed by atoms with Crippen LogP contribution >= 0.6 is 0 Å². The predicted molar refractivity (Wildman–Crippen MR) is 121 cm³/mol. The maximum Gasteiger partial charge on any atom is 0.0540 e. The van der Waals surface area contributed by atoms with E-state index in [2.05, 4.69) is 13.8 Å². The molecule has 4 N–H and O–H groups in total. The molecule has 2 atom stereocenters. The Morgan fingerprint density at radius 1 is 0.429 bits per heavy atom. The Morgan fingerprint density at radius 3 is 1.00 bits per heavy atom. The van der Waals surface area contributed by atoms with E-state index in [1.165, 1.54) is 38.5 Å². The highest BCUT2D eigenvalue weighted by Gasteiger charge is 2.02. The molecule has 0 saturated heterocycles. The molecule has 0 amide bonds. The minimum absolute atomic E-state index is 0.0718. The first-order valence-corrected chi connectivity index (χ1v) is 12.2. The summed E-state index contributed by atoms with van der Waals surface area (Å²) in [5, 5.41) is 36.0. The van der Waals surface area contributed by atoms with E-state index >= 15 is 0 Å². The molecule has 0 aromatic carbocycles. The summed E-state index contributed by atoms with van der Waals surface area (Å²) in [6.45, 7) is 4.88. The van der Waals surface area contributed by atoms with Crippen molar-refractivity contribution < 1.29 is 20.4 Å². The molecule has 4 nitrogen and oxygen atoms in total. The molecule has 0 bridgehead atoms. The van der Waals surface area contributed by atoms with E-state index in [1.807, 2.05) is 0 Å². The van der Waals surface area contributed by atoms with Crippen molar-refractivity contribution in [2.75, 3.05) is 13.2 Å². The fourth-order valence-electron chi connectivity index (χ4n) is 3.35. The molecule has 0 aliphatic carbocycles. The van der Waals surface area contributed by atoms with Crippen LogP contribution in [-0.4, -0.2) is 45.8 Å². The average Bonchev–Trinajstić information content (AvgIpc) is 2.67. The van der Waals surface area contributed by atoms with Gasteiger partial charge in [-0.15, -0.1) is 0 Å². The van der Waals surface area contributed by atoms with E-state index in [1.54, 1.807) is 0 Å². The van der Waals surface area contributed by atoms with E-state index in [9.17, 15) is 10.2 Å². The van der Waals surface area contributed by atoms with Gasteiger partial charge in [-0.25, -0.2) is 0 Å². The highest BCUT2D eigenvalue weighted by atomic mass is 16.3. The molecule has 0 rings (SSSR count). The molecule has 0 aromatic rings. The lowest BCUT2D eigenvalue weighted by Gasteiger charge is -2.08. The zero-order chi connectivity index (χ0) is 21.3. The van der Waals surface area contributed by atoms with Crippen molar-refractivity contribution in [2.24, 2.45) is 0 Å². The fourth-order valence-corrected chi connectivity index (χ4v) is 3.35. The summed E-state index contributed by atoms with van der Waals surface area (Å²) in [5.74, 6) is 0. The maximum absolute atomic E-state index is 9.46. The Labute approximate surface area is 175 Å². The Hall–Kier alpha value is -0.160. The van der Waals surface area contributed by atoms with E-state index < -0.39 is 0 Å². The van der Waals surface area contributed by atoms with Crippen LogP contribution in [0.2, 0.25) is 0 Å². The molecule has 28 heavy (non-hydrogen) atoms. The SMILES string of the molecule is CCCC(O)CCCCCCCCO.CCCC(O)CCCCCCCCO. The van der Waals surface area contributed by atoms with Gasteiger partial charge in [0.1, 0.15) is 0 Å². The molecule has 0 heterocycles. The van der Waals surface area contributed by atoms with Gasteiger partial charge in [0.2, 0.25) is 0 Å². The molecule has 0 fully saturated rings. The van der Waals surface area contributed by atoms with Crippen LogP contribution in [-0.2, 0) is 0 Å². The molecular formula is C24H52O4. The van der Waals surface area contributed by atoms with Crippen LogP contribution in [0.3, 0.4) is 0 Å². The smallest absolute Gasteiger partial charge is 0.0540 e. The van der Waals surface area contributed by atoms with Gasteiger partial charge in [0.05, 0.1) is 12.2 Å². The summed E-state index contributed by atoms with van der Waals surface area (Å²) in [6.07, 6.45) is 19.7. The topological polar surface area (TPSA) is 80.9 Å². The van der Waals surface area contributed by atoms with Crippen LogP contribution in [0.1, 0.15) is 129 Å². The lowest BCUT2D eigenvalue weighted by molar-refractivity contribution is 0.149. The van der Waals surface area contributed by atoms with Gasteiger partial charge in [0.25, 0.3) is 0 Å². The zero-order valence-electron chi connectivity index (χ0n) is 19.1. The molecular weight excluding hydrogens is 352 g/mol. The number of hydrogen-bond donors (Lipinski definition) is 4. The van der Waals surface area contributed by atoms with Crippen LogP contribution in [0.4, 0.5) is 0 Å². The van der Waals surface area contributed by atoms with Crippen molar-refractivity contribution in [1.82, 2.24) is 0 Å². The van der Waals surface area contributed by atoms with Crippen molar-refractivity contribution in [1.29, 1.82) is 0 Å². The van der Waals surface area contributed by atoms with Crippen molar-refractivity contribution in [3.8, 4) is 0 Å². The maximum atomic E-state index is 9.46. The van der Waals surface area contributed by atoms with Gasteiger partial charge in [-0.1, -0.05) is 90.9 Å². The third-order valence-corrected chi connectivity index (χ3v) is 5.13. The minimum Gasteiger partial charge on any atom is -0.396 e. The van der Waals surface area contributed by atoms with Crippen molar-refractivity contribution in [3.05, 3.63) is 0 Å². The summed E-state index contributed by atoms with van der Waals surface area (Å²) < 4.78 is 0. The van der Waals surface area contributed by atoms with Crippen molar-refractivity contribution >= 4 is 0 Å². The minimum atomic E-state index is -0.0718. The second kappa shape index (κ2) is 26.8. The molecule has 2 unspecified atom stereocenters. The number of unbranched alkanes of at least 4 members (excludes halogenated alkanes) is 10. The Kier molecular flexibility index (Phi) is 28.8. The molecule has 0 spiro atoms. The van der Waals surface area contributed by atoms with E-state index in [0.29, 0.717) is 13.2 Å². The summed E-state index contributed by atoms with van der Waals surface area (Å²) >= 11 is 0. The normalized spacial score (nSPS) is 13.1. The number of hydrogen-bond acceptors (Lipinski definition) is 4. The lowest BCUT2D eigenvalue weighted by atomic mass is 10.0. The Morgan fingerprint density at radius 2 is 0.714 bits per heavy atom. The fraction of sp³-hybridized carbons (Fsp3) is 1.00. The molecule has 172 valence electrons. The number of aliphatic hydroxyl groups excluding tert-OH is 4. The summed E-state index contributed by atoms with van der Waals surface area (Å²) in [6, 6.07) is 0.